The Morgan fingerprint density at radius 3 is 2.55 bits per heavy atom. The first kappa shape index (κ1) is 30.2. The van der Waals surface area contributed by atoms with Crippen molar-refractivity contribution in [2.45, 2.75) is 31.3 Å². The van der Waals surface area contributed by atoms with Crippen LogP contribution in [0.3, 0.4) is 0 Å². The first-order chi connectivity index (χ1) is 21.2. The Labute approximate surface area is 262 Å². The zero-order valence-corrected chi connectivity index (χ0v) is 26.6. The molecule has 230 valence electrons. The number of fused-ring (bicyclic) bond motifs is 2. The number of carbonyl (C=O) groups is 1. The molecule has 0 bridgehead atoms. The number of piperidine rings is 1. The van der Waals surface area contributed by atoms with E-state index in [1.807, 2.05) is 36.2 Å². The van der Waals surface area contributed by atoms with E-state index >= 15 is 0 Å². The van der Waals surface area contributed by atoms with Crippen LogP contribution in [0.1, 0.15) is 30.1 Å². The van der Waals surface area contributed by atoms with E-state index in [9.17, 15) is 13.6 Å². The van der Waals surface area contributed by atoms with Crippen LogP contribution in [-0.4, -0.2) is 70.5 Å². The standard InChI is InChI=1S/C31H34F2N8OS2/c1-39(2)21-8-10-41(11-9-21)31-36-30-26(44-31)16-24(22-6-5-7-23-28(22)40(3)37-29(23)38-43-4)27(35-30)25(34-17-42)14-18-12-19(32)15-20(33)13-18/h5-7,12-13,15-17,21,25H,8-11,14H2,1-4H3,(H,34,42)(H,37,38). The lowest BCUT2D eigenvalue weighted by Gasteiger charge is -2.34. The molecule has 13 heteroatoms. The van der Waals surface area contributed by atoms with Crippen molar-refractivity contribution in [2.24, 2.45) is 7.05 Å². The summed E-state index contributed by atoms with van der Waals surface area (Å²) in [5.74, 6) is -0.611. The number of anilines is 2. The van der Waals surface area contributed by atoms with E-state index in [1.54, 1.807) is 11.3 Å². The average molecular weight is 637 g/mol. The summed E-state index contributed by atoms with van der Waals surface area (Å²) in [7, 11) is 6.13. The van der Waals surface area contributed by atoms with Gasteiger partial charge in [-0.25, -0.2) is 13.8 Å². The van der Waals surface area contributed by atoms with Crippen molar-refractivity contribution >= 4 is 61.9 Å². The molecule has 0 saturated carbocycles. The molecule has 4 heterocycles. The first-order valence-corrected chi connectivity index (χ1v) is 16.4. The van der Waals surface area contributed by atoms with E-state index in [1.165, 1.54) is 24.1 Å². The Balaban J connectivity index is 1.50. The predicted octanol–water partition coefficient (Wildman–Crippen LogP) is 5.77. The summed E-state index contributed by atoms with van der Waals surface area (Å²) in [5.41, 5.74) is 4.10. The molecule has 2 N–H and O–H groups in total. The molecule has 6 rings (SSSR count). The number of hydrogen-bond acceptors (Lipinski definition) is 9. The summed E-state index contributed by atoms with van der Waals surface area (Å²) in [6.45, 7) is 1.81. The second-order valence-corrected chi connectivity index (χ2v) is 12.8. The molecule has 1 atom stereocenters. The minimum Gasteiger partial charge on any atom is -0.350 e. The maximum Gasteiger partial charge on any atom is 0.207 e. The molecule has 1 amide bonds. The van der Waals surface area contributed by atoms with E-state index in [0.29, 0.717) is 29.4 Å². The number of pyridine rings is 1. The summed E-state index contributed by atoms with van der Waals surface area (Å²) in [6.07, 6.45) is 4.78. The van der Waals surface area contributed by atoms with Crippen molar-refractivity contribution in [1.82, 2.24) is 30.0 Å². The zero-order chi connectivity index (χ0) is 31.0. The Kier molecular flexibility index (Phi) is 8.70. The van der Waals surface area contributed by atoms with Crippen LogP contribution in [0, 0.1) is 11.6 Å². The molecule has 2 aromatic carbocycles. The minimum atomic E-state index is -0.679. The van der Waals surface area contributed by atoms with Crippen LogP contribution < -0.4 is 14.9 Å². The summed E-state index contributed by atoms with van der Waals surface area (Å²) in [4.78, 5) is 26.5. The van der Waals surface area contributed by atoms with Gasteiger partial charge in [0.15, 0.2) is 16.6 Å². The van der Waals surface area contributed by atoms with Crippen molar-refractivity contribution in [1.29, 1.82) is 0 Å². The fourth-order valence-corrected chi connectivity index (χ4v) is 7.41. The van der Waals surface area contributed by atoms with Crippen LogP contribution >= 0.6 is 23.3 Å². The summed E-state index contributed by atoms with van der Waals surface area (Å²) >= 11 is 3.06. The maximum absolute atomic E-state index is 14.2. The fraction of sp³-hybridized carbons (Fsp3) is 0.355. The minimum absolute atomic E-state index is 0.134. The molecular weight excluding hydrogens is 603 g/mol. The normalized spacial score (nSPS) is 14.9. The number of rotatable bonds is 10. The largest absolute Gasteiger partial charge is 0.350 e. The number of para-hydroxylation sites is 1. The van der Waals surface area contributed by atoms with Crippen LogP contribution in [0.25, 0.3) is 32.4 Å². The van der Waals surface area contributed by atoms with Gasteiger partial charge in [0.25, 0.3) is 0 Å². The summed E-state index contributed by atoms with van der Waals surface area (Å²) < 4.78 is 34.3. The first-order valence-electron chi connectivity index (χ1n) is 14.4. The van der Waals surface area contributed by atoms with Gasteiger partial charge in [0.2, 0.25) is 6.41 Å². The Morgan fingerprint density at radius 2 is 1.86 bits per heavy atom. The quantitative estimate of drug-likeness (QED) is 0.148. The Bertz CT molecular complexity index is 1800. The van der Waals surface area contributed by atoms with E-state index in [4.69, 9.17) is 15.1 Å². The molecule has 5 aromatic rings. The molecular formula is C31H34F2N8OS2. The molecule has 3 aromatic heterocycles. The van der Waals surface area contributed by atoms with E-state index < -0.39 is 17.7 Å². The van der Waals surface area contributed by atoms with Crippen LogP contribution in [0.15, 0.2) is 42.5 Å². The number of nitrogens with zero attached hydrogens (tertiary/aromatic N) is 6. The molecule has 9 nitrogen and oxygen atoms in total. The molecule has 0 spiro atoms. The number of carbonyl (C=O) groups excluding carboxylic acids is 1. The van der Waals surface area contributed by atoms with Crippen LogP contribution in [0.2, 0.25) is 0 Å². The number of aromatic nitrogens is 4. The highest BCUT2D eigenvalue weighted by Gasteiger charge is 2.26. The van der Waals surface area contributed by atoms with Crippen LogP contribution in [-0.2, 0) is 18.3 Å². The molecule has 0 aliphatic carbocycles. The van der Waals surface area contributed by atoms with E-state index in [-0.39, 0.29) is 6.42 Å². The third-order valence-corrected chi connectivity index (χ3v) is 9.63. The molecule has 1 saturated heterocycles. The highest BCUT2D eigenvalue weighted by atomic mass is 32.2. The Morgan fingerprint density at radius 1 is 1.11 bits per heavy atom. The summed E-state index contributed by atoms with van der Waals surface area (Å²) in [5, 5.41) is 9.41. The highest BCUT2D eigenvalue weighted by molar-refractivity contribution is 7.99. The number of nitrogens with one attached hydrogen (secondary N) is 2. The highest BCUT2D eigenvalue weighted by Crippen LogP contribution is 2.40. The fourth-order valence-electron chi connectivity index (χ4n) is 6.06. The van der Waals surface area contributed by atoms with Crippen molar-refractivity contribution in [3.05, 3.63) is 65.4 Å². The molecule has 1 fully saturated rings. The number of benzene rings is 2. The molecule has 1 aliphatic rings. The van der Waals surface area contributed by atoms with Gasteiger partial charge in [-0.1, -0.05) is 35.4 Å². The van der Waals surface area contributed by atoms with Crippen molar-refractivity contribution in [2.75, 3.05) is 43.1 Å². The Hall–Kier alpha value is -3.81. The number of thiazole rings is 1. The number of halogens is 2. The van der Waals surface area contributed by atoms with E-state index in [2.05, 4.69) is 40.0 Å². The van der Waals surface area contributed by atoms with Gasteiger partial charge in [0, 0.05) is 55.0 Å². The topological polar surface area (TPSA) is 91.2 Å². The molecule has 0 radical (unpaired) electrons. The summed E-state index contributed by atoms with van der Waals surface area (Å²) in [6, 6.07) is 11.3. The van der Waals surface area contributed by atoms with Crippen LogP contribution in [0.5, 0.6) is 0 Å². The van der Waals surface area contributed by atoms with Gasteiger partial charge < -0.3 is 19.8 Å². The predicted molar refractivity (Wildman–Crippen MR) is 175 cm³/mol. The maximum atomic E-state index is 14.2. The molecule has 1 aliphatic heterocycles. The molecule has 1 unspecified atom stereocenters. The van der Waals surface area contributed by atoms with Gasteiger partial charge >= 0.3 is 0 Å². The number of hydrogen-bond donors (Lipinski definition) is 2. The smallest absolute Gasteiger partial charge is 0.207 e. The second-order valence-electron chi connectivity index (χ2n) is 11.2. The van der Waals surface area contributed by atoms with Gasteiger partial charge in [0.05, 0.1) is 22.0 Å². The average Bonchev–Trinajstić information content (AvgIpc) is 3.56. The number of aryl methyl sites for hydroxylation is 1. The van der Waals surface area contributed by atoms with Gasteiger partial charge in [0.1, 0.15) is 11.6 Å². The SMILES string of the molecule is CSNc1nn(C)c2c(-c3cc4sc(N5CCC(N(C)C)CC5)nc4nc3C(Cc3cc(F)cc(F)c3)NC=O)cccc12. The zero-order valence-electron chi connectivity index (χ0n) is 25.0. The lowest BCUT2D eigenvalue weighted by molar-refractivity contribution is -0.110. The van der Waals surface area contributed by atoms with Gasteiger partial charge in [-0.15, -0.1) is 0 Å². The van der Waals surface area contributed by atoms with Crippen molar-refractivity contribution in [3.8, 4) is 11.1 Å². The van der Waals surface area contributed by atoms with Crippen molar-refractivity contribution in [3.63, 3.8) is 0 Å². The van der Waals surface area contributed by atoms with E-state index in [0.717, 1.165) is 69.7 Å². The third kappa shape index (κ3) is 5.95. The monoisotopic (exact) mass is 636 g/mol. The molecule has 44 heavy (non-hydrogen) atoms. The lowest BCUT2D eigenvalue weighted by atomic mass is 9.94. The van der Waals surface area contributed by atoms with Crippen LogP contribution in [0.4, 0.5) is 19.7 Å². The second kappa shape index (κ2) is 12.7. The van der Waals surface area contributed by atoms with Gasteiger partial charge in [-0.3, -0.25) is 9.48 Å². The third-order valence-electron chi connectivity index (χ3n) is 8.18. The lowest BCUT2D eigenvalue weighted by Crippen LogP contribution is -2.41. The number of amides is 1. The van der Waals surface area contributed by atoms with Crippen molar-refractivity contribution < 1.29 is 13.6 Å². The van der Waals surface area contributed by atoms with Gasteiger partial charge in [-0.2, -0.15) is 10.1 Å². The van der Waals surface area contributed by atoms with Gasteiger partial charge in [-0.05, 0) is 63.2 Å².